The normalized spacial score (nSPS) is 10.3. The van der Waals surface area contributed by atoms with E-state index < -0.39 is 5.97 Å². The molecule has 0 amide bonds. The van der Waals surface area contributed by atoms with Gasteiger partial charge in [0, 0.05) is 17.6 Å². The monoisotopic (exact) mass is 262 g/mol. The number of aromatic carboxylic acids is 1. The summed E-state index contributed by atoms with van der Waals surface area (Å²) >= 11 is 1.68. The summed E-state index contributed by atoms with van der Waals surface area (Å²) in [5.41, 5.74) is 1.92. The fraction of sp³-hybridized carbons (Fsp3) is 0.231. The third-order valence-corrected chi connectivity index (χ3v) is 3.63. The molecule has 0 aliphatic rings. The number of anilines is 1. The first kappa shape index (κ1) is 12.6. The van der Waals surface area contributed by atoms with Crippen LogP contribution in [0.5, 0.6) is 0 Å². The lowest BCUT2D eigenvalue weighted by molar-refractivity contribution is 0.0691. The van der Waals surface area contributed by atoms with Crippen LogP contribution in [0.4, 0.5) is 5.69 Å². The van der Waals surface area contributed by atoms with Crippen molar-refractivity contribution in [3.63, 3.8) is 0 Å². The highest BCUT2D eigenvalue weighted by Crippen LogP contribution is 2.20. The Balaban J connectivity index is 2.13. The van der Waals surface area contributed by atoms with Crippen molar-refractivity contribution in [2.75, 3.05) is 5.32 Å². The van der Waals surface area contributed by atoms with Gasteiger partial charge in [-0.05, 0) is 35.6 Å². The van der Waals surface area contributed by atoms with Crippen molar-refractivity contribution in [1.29, 1.82) is 0 Å². The summed E-state index contributed by atoms with van der Waals surface area (Å²) in [6.07, 6.45) is 2.47. The van der Waals surface area contributed by atoms with Gasteiger partial charge in [-0.15, -0.1) is 11.3 Å². The number of thiophene rings is 1. The molecular weight excluding hydrogens is 248 g/mol. The number of carboxylic acid groups (broad SMARTS) is 1. The molecule has 0 aromatic carbocycles. The molecule has 0 bridgehead atoms. The molecule has 2 N–H and O–H groups in total. The van der Waals surface area contributed by atoms with Crippen molar-refractivity contribution >= 4 is 23.0 Å². The highest BCUT2D eigenvalue weighted by atomic mass is 32.1. The van der Waals surface area contributed by atoms with Gasteiger partial charge in [-0.2, -0.15) is 0 Å². The van der Waals surface area contributed by atoms with Crippen LogP contribution in [0.3, 0.4) is 0 Å². The first-order chi connectivity index (χ1) is 8.72. The van der Waals surface area contributed by atoms with E-state index in [4.69, 9.17) is 5.11 Å². The third-order valence-electron chi connectivity index (χ3n) is 2.67. The number of nitrogens with zero attached hydrogens (tertiary/aromatic N) is 1. The van der Waals surface area contributed by atoms with Crippen LogP contribution >= 0.6 is 11.3 Å². The molecule has 0 saturated carbocycles. The lowest BCUT2D eigenvalue weighted by Crippen LogP contribution is -2.08. The molecule has 2 aromatic rings. The lowest BCUT2D eigenvalue weighted by atomic mass is 10.2. The van der Waals surface area contributed by atoms with Gasteiger partial charge in [-0.3, -0.25) is 0 Å². The maximum Gasteiger partial charge on any atom is 0.356 e. The van der Waals surface area contributed by atoms with Crippen LogP contribution in [-0.4, -0.2) is 16.1 Å². The average Bonchev–Trinajstić information content (AvgIpc) is 2.84. The number of aryl methyl sites for hydroxylation is 1. The van der Waals surface area contributed by atoms with Crippen molar-refractivity contribution in [2.24, 2.45) is 0 Å². The summed E-state index contributed by atoms with van der Waals surface area (Å²) in [6.45, 7) is 2.74. The number of carbonyl (C=O) groups is 1. The van der Waals surface area contributed by atoms with Gasteiger partial charge in [0.25, 0.3) is 0 Å². The molecule has 0 atom stereocenters. The van der Waals surface area contributed by atoms with E-state index in [1.54, 1.807) is 23.5 Å². The van der Waals surface area contributed by atoms with E-state index in [0.29, 0.717) is 12.2 Å². The number of nitrogens with one attached hydrogen (secondary N) is 1. The molecule has 4 nitrogen and oxygen atoms in total. The number of pyridine rings is 1. The van der Waals surface area contributed by atoms with E-state index in [-0.39, 0.29) is 5.69 Å². The average molecular weight is 262 g/mol. The van der Waals surface area contributed by atoms with Crippen molar-refractivity contribution in [2.45, 2.75) is 19.9 Å². The topological polar surface area (TPSA) is 62.2 Å². The second kappa shape index (κ2) is 5.64. The second-order valence-electron chi connectivity index (χ2n) is 3.78. The van der Waals surface area contributed by atoms with Crippen LogP contribution in [0, 0.1) is 0 Å². The van der Waals surface area contributed by atoms with Crippen molar-refractivity contribution in [1.82, 2.24) is 4.98 Å². The van der Waals surface area contributed by atoms with E-state index in [0.717, 1.165) is 6.42 Å². The van der Waals surface area contributed by atoms with Crippen LogP contribution in [-0.2, 0) is 13.0 Å². The Morgan fingerprint density at radius 1 is 1.50 bits per heavy atom. The van der Waals surface area contributed by atoms with Gasteiger partial charge in [0.05, 0.1) is 5.69 Å². The predicted octanol–water partition coefficient (Wildman–Crippen LogP) is 3.02. The molecule has 2 heterocycles. The van der Waals surface area contributed by atoms with Crippen LogP contribution < -0.4 is 5.32 Å². The van der Waals surface area contributed by atoms with E-state index in [1.807, 2.05) is 0 Å². The van der Waals surface area contributed by atoms with E-state index in [1.165, 1.54) is 16.6 Å². The molecule has 94 valence electrons. The Labute approximate surface area is 109 Å². The zero-order valence-corrected chi connectivity index (χ0v) is 10.8. The van der Waals surface area contributed by atoms with Gasteiger partial charge in [-0.25, -0.2) is 9.78 Å². The SMILES string of the molecule is CCc1ccsc1CNc1cccnc1C(=O)O. The Morgan fingerprint density at radius 3 is 3.06 bits per heavy atom. The summed E-state index contributed by atoms with van der Waals surface area (Å²) in [7, 11) is 0. The Bertz CT molecular complexity index is 551. The number of rotatable bonds is 5. The number of carboxylic acids is 1. The molecule has 2 aromatic heterocycles. The van der Waals surface area contributed by atoms with Crippen molar-refractivity contribution in [3.8, 4) is 0 Å². The molecule has 0 aliphatic carbocycles. The van der Waals surface area contributed by atoms with Crippen molar-refractivity contribution < 1.29 is 9.90 Å². The van der Waals surface area contributed by atoms with Crippen molar-refractivity contribution in [3.05, 3.63) is 45.9 Å². The molecule has 0 aliphatic heterocycles. The molecule has 5 heteroatoms. The Kier molecular flexibility index (Phi) is 3.94. The first-order valence-corrected chi connectivity index (χ1v) is 6.57. The van der Waals surface area contributed by atoms with Gasteiger partial charge in [0.15, 0.2) is 5.69 Å². The van der Waals surface area contributed by atoms with Gasteiger partial charge in [0.2, 0.25) is 0 Å². The molecule has 0 saturated heterocycles. The van der Waals surface area contributed by atoms with Gasteiger partial charge >= 0.3 is 5.97 Å². The molecule has 2 rings (SSSR count). The fourth-order valence-electron chi connectivity index (χ4n) is 1.73. The molecule has 0 radical (unpaired) electrons. The van der Waals surface area contributed by atoms with E-state index in [2.05, 4.69) is 28.7 Å². The zero-order valence-electron chi connectivity index (χ0n) is 10.0. The quantitative estimate of drug-likeness (QED) is 0.869. The van der Waals surface area contributed by atoms with Crippen LogP contribution in [0.1, 0.15) is 27.9 Å². The molecule has 0 unspecified atom stereocenters. The maximum atomic E-state index is 11.0. The van der Waals surface area contributed by atoms with Crippen LogP contribution in [0.25, 0.3) is 0 Å². The molecular formula is C13H14N2O2S. The predicted molar refractivity (Wildman–Crippen MR) is 72.2 cm³/mol. The number of hydrogen-bond acceptors (Lipinski definition) is 4. The summed E-state index contributed by atoms with van der Waals surface area (Å²) < 4.78 is 0. The molecule has 0 spiro atoms. The number of hydrogen-bond donors (Lipinski definition) is 2. The first-order valence-electron chi connectivity index (χ1n) is 5.69. The third kappa shape index (κ3) is 2.68. The maximum absolute atomic E-state index is 11.0. The summed E-state index contributed by atoms with van der Waals surface area (Å²) in [4.78, 5) is 16.1. The minimum absolute atomic E-state index is 0.0621. The van der Waals surface area contributed by atoms with Crippen LogP contribution in [0.2, 0.25) is 0 Å². The molecule has 18 heavy (non-hydrogen) atoms. The second-order valence-corrected chi connectivity index (χ2v) is 4.78. The van der Waals surface area contributed by atoms with Gasteiger partial charge < -0.3 is 10.4 Å². The standard InChI is InChI=1S/C13H14N2O2S/c1-2-9-5-7-18-11(9)8-15-10-4-3-6-14-12(10)13(16)17/h3-7,15H,2,8H2,1H3,(H,16,17). The summed E-state index contributed by atoms with van der Waals surface area (Å²) in [6, 6.07) is 5.56. The largest absolute Gasteiger partial charge is 0.476 e. The summed E-state index contributed by atoms with van der Waals surface area (Å²) in [5, 5.41) is 14.2. The lowest BCUT2D eigenvalue weighted by Gasteiger charge is -2.08. The number of aromatic nitrogens is 1. The Morgan fingerprint density at radius 2 is 2.33 bits per heavy atom. The van der Waals surface area contributed by atoms with Crippen LogP contribution in [0.15, 0.2) is 29.8 Å². The zero-order chi connectivity index (χ0) is 13.0. The smallest absolute Gasteiger partial charge is 0.356 e. The highest BCUT2D eigenvalue weighted by molar-refractivity contribution is 7.10. The highest BCUT2D eigenvalue weighted by Gasteiger charge is 2.11. The fourth-order valence-corrected chi connectivity index (χ4v) is 2.65. The Hall–Kier alpha value is -1.88. The summed E-state index contributed by atoms with van der Waals surface area (Å²) in [5.74, 6) is -1.01. The van der Waals surface area contributed by atoms with Gasteiger partial charge in [0.1, 0.15) is 0 Å². The van der Waals surface area contributed by atoms with E-state index in [9.17, 15) is 4.79 Å². The minimum Gasteiger partial charge on any atom is -0.476 e. The minimum atomic E-state index is -1.01. The van der Waals surface area contributed by atoms with E-state index >= 15 is 0 Å². The molecule has 0 fully saturated rings. The van der Waals surface area contributed by atoms with Gasteiger partial charge in [-0.1, -0.05) is 6.92 Å².